The molecule has 3 N–H and O–H groups in total. The van der Waals surface area contributed by atoms with Gasteiger partial charge in [-0.3, -0.25) is 4.72 Å². The van der Waals surface area contributed by atoms with Gasteiger partial charge in [0, 0.05) is 4.47 Å². The minimum absolute atomic E-state index is 0.00849. The SMILES string of the molecule is O=C(O)c1cccc(NS(=O)(=O)c2ccc(Br)cc2)c1O. The minimum Gasteiger partial charge on any atom is -0.505 e. The number of carboxylic acids is 1. The first-order valence-corrected chi connectivity index (χ1v) is 7.92. The number of aromatic carboxylic acids is 1. The second-order valence-electron chi connectivity index (χ2n) is 4.07. The second kappa shape index (κ2) is 5.74. The lowest BCUT2D eigenvalue weighted by Crippen LogP contribution is -2.13. The fourth-order valence-electron chi connectivity index (χ4n) is 1.62. The Bertz CT molecular complexity index is 787. The Morgan fingerprint density at radius 3 is 2.29 bits per heavy atom. The zero-order chi connectivity index (χ0) is 15.6. The summed E-state index contributed by atoms with van der Waals surface area (Å²) in [6.45, 7) is 0. The molecule has 0 aromatic heterocycles. The van der Waals surface area contributed by atoms with Crippen LogP contribution in [0.15, 0.2) is 51.8 Å². The highest BCUT2D eigenvalue weighted by molar-refractivity contribution is 9.10. The van der Waals surface area contributed by atoms with Gasteiger partial charge in [0.2, 0.25) is 0 Å². The van der Waals surface area contributed by atoms with E-state index in [0.29, 0.717) is 0 Å². The molecule has 0 amide bonds. The fourth-order valence-corrected chi connectivity index (χ4v) is 2.95. The number of phenols is 1. The highest BCUT2D eigenvalue weighted by Gasteiger charge is 2.19. The van der Waals surface area contributed by atoms with Crippen LogP contribution in [-0.2, 0) is 10.0 Å². The molecule has 2 aromatic carbocycles. The summed E-state index contributed by atoms with van der Waals surface area (Å²) >= 11 is 3.20. The molecule has 0 fully saturated rings. The Kier molecular flexibility index (Phi) is 4.19. The van der Waals surface area contributed by atoms with Gasteiger partial charge in [-0.2, -0.15) is 0 Å². The number of benzene rings is 2. The average molecular weight is 372 g/mol. The molecule has 0 heterocycles. The van der Waals surface area contributed by atoms with Gasteiger partial charge in [-0.15, -0.1) is 0 Å². The molecule has 0 spiro atoms. The summed E-state index contributed by atoms with van der Waals surface area (Å²) < 4.78 is 27.2. The smallest absolute Gasteiger partial charge is 0.339 e. The molecule has 0 atom stereocenters. The Morgan fingerprint density at radius 2 is 1.71 bits per heavy atom. The maximum absolute atomic E-state index is 12.2. The first-order chi connectivity index (χ1) is 9.81. The normalized spacial score (nSPS) is 11.1. The van der Waals surface area contributed by atoms with Gasteiger partial charge < -0.3 is 10.2 Å². The molecule has 0 radical (unpaired) electrons. The van der Waals surface area contributed by atoms with Crippen molar-refractivity contribution in [3.8, 4) is 5.75 Å². The molecule has 2 aromatic rings. The van der Waals surface area contributed by atoms with E-state index < -0.39 is 21.7 Å². The summed E-state index contributed by atoms with van der Waals surface area (Å²) in [6, 6.07) is 9.66. The molecule has 0 aliphatic rings. The summed E-state index contributed by atoms with van der Waals surface area (Å²) in [5.41, 5.74) is -0.580. The van der Waals surface area contributed by atoms with E-state index >= 15 is 0 Å². The van der Waals surface area contributed by atoms with Gasteiger partial charge in [-0.1, -0.05) is 22.0 Å². The monoisotopic (exact) mass is 371 g/mol. The van der Waals surface area contributed by atoms with Crippen LogP contribution in [0.2, 0.25) is 0 Å². The van der Waals surface area contributed by atoms with E-state index in [2.05, 4.69) is 20.7 Å². The average Bonchev–Trinajstić information content (AvgIpc) is 2.41. The Hall–Kier alpha value is -2.06. The first-order valence-electron chi connectivity index (χ1n) is 5.65. The van der Waals surface area contributed by atoms with Crippen LogP contribution in [0, 0.1) is 0 Å². The zero-order valence-electron chi connectivity index (χ0n) is 10.4. The van der Waals surface area contributed by atoms with Crippen molar-refractivity contribution in [3.63, 3.8) is 0 Å². The third-order valence-corrected chi connectivity index (χ3v) is 4.54. The number of nitrogens with one attached hydrogen (secondary N) is 1. The third-order valence-electron chi connectivity index (χ3n) is 2.63. The lowest BCUT2D eigenvalue weighted by atomic mass is 10.2. The van der Waals surface area contributed by atoms with E-state index in [1.807, 2.05) is 0 Å². The Labute approximate surface area is 129 Å². The van der Waals surface area contributed by atoms with Crippen molar-refractivity contribution in [1.29, 1.82) is 0 Å². The predicted octanol–water partition coefficient (Wildman–Crippen LogP) is 2.65. The lowest BCUT2D eigenvalue weighted by Gasteiger charge is -2.11. The molecule has 0 saturated carbocycles. The van der Waals surface area contributed by atoms with Gasteiger partial charge >= 0.3 is 5.97 Å². The van der Waals surface area contributed by atoms with Crippen molar-refractivity contribution >= 4 is 37.6 Å². The largest absolute Gasteiger partial charge is 0.505 e. The fraction of sp³-hybridized carbons (Fsp3) is 0. The number of rotatable bonds is 4. The molecule has 110 valence electrons. The molecule has 2 rings (SSSR count). The van der Waals surface area contributed by atoms with E-state index in [0.717, 1.165) is 4.47 Å². The van der Waals surface area contributed by atoms with E-state index in [1.54, 1.807) is 12.1 Å². The summed E-state index contributed by atoms with van der Waals surface area (Å²) in [5.74, 6) is -1.98. The second-order valence-corrected chi connectivity index (χ2v) is 6.66. The van der Waals surface area contributed by atoms with Crippen LogP contribution in [0.4, 0.5) is 5.69 Å². The van der Waals surface area contributed by atoms with E-state index in [-0.39, 0.29) is 16.1 Å². The van der Waals surface area contributed by atoms with Crippen LogP contribution in [0.3, 0.4) is 0 Å². The van der Waals surface area contributed by atoms with Crippen molar-refractivity contribution < 1.29 is 23.4 Å². The van der Waals surface area contributed by atoms with Crippen LogP contribution < -0.4 is 4.72 Å². The topological polar surface area (TPSA) is 104 Å². The zero-order valence-corrected chi connectivity index (χ0v) is 12.8. The van der Waals surface area contributed by atoms with Crippen LogP contribution in [0.1, 0.15) is 10.4 Å². The third kappa shape index (κ3) is 3.34. The van der Waals surface area contributed by atoms with Crippen LogP contribution in [0.25, 0.3) is 0 Å². The summed E-state index contributed by atoms with van der Waals surface area (Å²) in [4.78, 5) is 10.9. The number of aromatic hydroxyl groups is 1. The van der Waals surface area contributed by atoms with E-state index in [9.17, 15) is 18.3 Å². The number of para-hydroxylation sites is 1. The molecule has 21 heavy (non-hydrogen) atoms. The number of hydrogen-bond acceptors (Lipinski definition) is 4. The lowest BCUT2D eigenvalue weighted by molar-refractivity contribution is 0.0694. The standard InChI is InChI=1S/C13H10BrNO5S/c14-8-4-6-9(7-5-8)21(19,20)15-11-3-1-2-10(12(11)16)13(17)18/h1-7,15-16H,(H,17,18). The number of anilines is 1. The van der Waals surface area contributed by atoms with Gasteiger partial charge in [0.1, 0.15) is 5.56 Å². The molecule has 0 aliphatic heterocycles. The molecular formula is C13H10BrNO5S. The number of hydrogen-bond donors (Lipinski definition) is 3. The van der Waals surface area contributed by atoms with Gasteiger partial charge in [0.05, 0.1) is 10.6 Å². The summed E-state index contributed by atoms with van der Waals surface area (Å²) in [7, 11) is -3.92. The number of sulfonamides is 1. The first kappa shape index (κ1) is 15.3. The molecule has 0 unspecified atom stereocenters. The van der Waals surface area contributed by atoms with Crippen molar-refractivity contribution in [2.45, 2.75) is 4.90 Å². The van der Waals surface area contributed by atoms with E-state index in [4.69, 9.17) is 5.11 Å². The number of carbonyl (C=O) groups is 1. The molecular weight excluding hydrogens is 362 g/mol. The molecule has 8 heteroatoms. The van der Waals surface area contributed by atoms with Crippen LogP contribution >= 0.6 is 15.9 Å². The minimum atomic E-state index is -3.92. The van der Waals surface area contributed by atoms with Gasteiger partial charge in [-0.25, -0.2) is 13.2 Å². The Morgan fingerprint density at radius 1 is 1.10 bits per heavy atom. The van der Waals surface area contributed by atoms with E-state index in [1.165, 1.54) is 30.3 Å². The number of carboxylic acid groups (broad SMARTS) is 1. The van der Waals surface area contributed by atoms with Crippen molar-refractivity contribution in [3.05, 3.63) is 52.5 Å². The van der Waals surface area contributed by atoms with Crippen molar-refractivity contribution in [2.24, 2.45) is 0 Å². The predicted molar refractivity (Wildman–Crippen MR) is 80.0 cm³/mol. The van der Waals surface area contributed by atoms with Gasteiger partial charge in [0.15, 0.2) is 5.75 Å². The maximum atomic E-state index is 12.2. The molecule has 6 nitrogen and oxygen atoms in total. The van der Waals surface area contributed by atoms with Crippen molar-refractivity contribution in [1.82, 2.24) is 0 Å². The highest BCUT2D eigenvalue weighted by Crippen LogP contribution is 2.29. The summed E-state index contributed by atoms with van der Waals surface area (Å²) in [6.07, 6.45) is 0. The maximum Gasteiger partial charge on any atom is 0.339 e. The highest BCUT2D eigenvalue weighted by atomic mass is 79.9. The van der Waals surface area contributed by atoms with Gasteiger partial charge in [-0.05, 0) is 36.4 Å². The van der Waals surface area contributed by atoms with Crippen molar-refractivity contribution in [2.75, 3.05) is 4.72 Å². The quantitative estimate of drug-likeness (QED) is 0.716. The molecule has 0 bridgehead atoms. The number of halogens is 1. The van der Waals surface area contributed by atoms with Gasteiger partial charge in [0.25, 0.3) is 10.0 Å². The Balaban J connectivity index is 2.39. The summed E-state index contributed by atoms with van der Waals surface area (Å²) in [5, 5.41) is 18.7. The molecule has 0 aliphatic carbocycles. The van der Waals surface area contributed by atoms with Crippen LogP contribution in [0.5, 0.6) is 5.75 Å². The molecule has 0 saturated heterocycles. The van der Waals surface area contributed by atoms with Crippen LogP contribution in [-0.4, -0.2) is 24.6 Å².